The second kappa shape index (κ2) is 5.90. The summed E-state index contributed by atoms with van der Waals surface area (Å²) in [5.41, 5.74) is 5.92. The molecule has 3 heteroatoms. The van der Waals surface area contributed by atoms with Crippen LogP contribution in [0.3, 0.4) is 0 Å². The van der Waals surface area contributed by atoms with Gasteiger partial charge in [0, 0.05) is 18.0 Å². The number of imidazole rings is 1. The van der Waals surface area contributed by atoms with E-state index in [-0.39, 0.29) is 0 Å². The maximum atomic E-state index is 5.95. The molecule has 0 radical (unpaired) electrons. The number of aromatic nitrogens is 2. The quantitative estimate of drug-likeness (QED) is 0.640. The first kappa shape index (κ1) is 14.2. The van der Waals surface area contributed by atoms with Crippen LogP contribution in [0.4, 0.5) is 0 Å². The minimum absolute atomic E-state index is 0.579. The van der Waals surface area contributed by atoms with Crippen LogP contribution >= 0.6 is 11.6 Å². The minimum atomic E-state index is 0.579. The van der Waals surface area contributed by atoms with Gasteiger partial charge in [-0.05, 0) is 48.7 Å². The molecule has 2 aromatic carbocycles. The Morgan fingerprint density at radius 1 is 1.10 bits per heavy atom. The third kappa shape index (κ3) is 2.68. The number of rotatable bonds is 4. The smallest absolute Gasteiger partial charge is 0.115 e. The van der Waals surface area contributed by atoms with Crippen LogP contribution in [0.5, 0.6) is 0 Å². The van der Waals surface area contributed by atoms with Crippen LogP contribution in [0, 0.1) is 6.92 Å². The predicted molar refractivity (Wildman–Crippen MR) is 89.6 cm³/mol. The molecule has 3 aromatic rings. The first-order chi connectivity index (χ1) is 10.2. The van der Waals surface area contributed by atoms with Gasteiger partial charge in [-0.25, -0.2) is 4.98 Å². The molecular weight excluding hydrogens is 280 g/mol. The Balaban J connectivity index is 2.21. The molecule has 108 valence electrons. The molecule has 0 bridgehead atoms. The zero-order valence-corrected chi connectivity index (χ0v) is 13.2. The molecule has 0 unspecified atom stereocenters. The normalized spacial score (nSPS) is 11.2. The summed E-state index contributed by atoms with van der Waals surface area (Å²) in [4.78, 5) is 4.74. The number of nitrogens with zero attached hydrogens (tertiary/aromatic N) is 2. The number of aryl methyl sites for hydroxylation is 3. The van der Waals surface area contributed by atoms with Crippen molar-refractivity contribution in [3.8, 4) is 5.69 Å². The van der Waals surface area contributed by atoms with Gasteiger partial charge in [0.2, 0.25) is 0 Å². The Labute approximate surface area is 130 Å². The van der Waals surface area contributed by atoms with Crippen LogP contribution in [-0.4, -0.2) is 15.4 Å². The maximum Gasteiger partial charge on any atom is 0.115 e. The van der Waals surface area contributed by atoms with E-state index in [9.17, 15) is 0 Å². The molecule has 0 fully saturated rings. The van der Waals surface area contributed by atoms with Crippen molar-refractivity contribution in [2.75, 3.05) is 5.88 Å². The second-order valence-electron chi connectivity index (χ2n) is 5.31. The molecule has 0 atom stereocenters. The summed E-state index contributed by atoms with van der Waals surface area (Å²) in [7, 11) is 0. The number of hydrogen-bond acceptors (Lipinski definition) is 1. The number of fused-ring (bicyclic) bond motifs is 1. The fourth-order valence-electron chi connectivity index (χ4n) is 2.66. The van der Waals surface area contributed by atoms with Crippen molar-refractivity contribution < 1.29 is 0 Å². The van der Waals surface area contributed by atoms with Gasteiger partial charge in [0.25, 0.3) is 0 Å². The topological polar surface area (TPSA) is 17.8 Å². The zero-order valence-electron chi connectivity index (χ0n) is 12.4. The second-order valence-corrected chi connectivity index (χ2v) is 5.69. The van der Waals surface area contributed by atoms with Crippen LogP contribution in [-0.2, 0) is 12.8 Å². The molecule has 0 saturated heterocycles. The van der Waals surface area contributed by atoms with Crippen LogP contribution < -0.4 is 0 Å². The Kier molecular flexibility index (Phi) is 3.98. The molecule has 0 amide bonds. The lowest BCUT2D eigenvalue weighted by atomic mass is 10.1. The molecule has 0 aliphatic heterocycles. The molecule has 0 spiro atoms. The van der Waals surface area contributed by atoms with Crippen LogP contribution in [0.25, 0.3) is 16.7 Å². The van der Waals surface area contributed by atoms with E-state index in [2.05, 4.69) is 60.9 Å². The van der Waals surface area contributed by atoms with E-state index in [0.29, 0.717) is 5.88 Å². The molecule has 0 aliphatic carbocycles. The highest BCUT2D eigenvalue weighted by Gasteiger charge is 2.12. The average Bonchev–Trinajstić information content (AvgIpc) is 2.85. The van der Waals surface area contributed by atoms with Gasteiger partial charge in [-0.2, -0.15) is 0 Å². The Bertz CT molecular complexity index is 757. The third-order valence-electron chi connectivity index (χ3n) is 3.80. The summed E-state index contributed by atoms with van der Waals surface area (Å²) in [5.74, 6) is 1.60. The highest BCUT2D eigenvalue weighted by Crippen LogP contribution is 2.23. The van der Waals surface area contributed by atoms with Crippen molar-refractivity contribution >= 4 is 22.6 Å². The Morgan fingerprint density at radius 3 is 2.52 bits per heavy atom. The standard InChI is InChI=1S/C18H19ClN2/c1-3-14-5-7-15(8-6-14)21-17-12-13(2)4-9-16(17)20-18(21)10-11-19/h4-9,12H,3,10-11H2,1-2H3. The van der Waals surface area contributed by atoms with Gasteiger partial charge in [-0.3, -0.25) is 4.57 Å². The van der Waals surface area contributed by atoms with Crippen molar-refractivity contribution in [3.63, 3.8) is 0 Å². The largest absolute Gasteiger partial charge is 0.296 e. The Hall–Kier alpha value is -1.80. The number of alkyl halides is 1. The fourth-order valence-corrected chi connectivity index (χ4v) is 2.83. The first-order valence-electron chi connectivity index (χ1n) is 7.36. The molecule has 21 heavy (non-hydrogen) atoms. The van der Waals surface area contributed by atoms with E-state index in [1.807, 2.05) is 0 Å². The highest BCUT2D eigenvalue weighted by molar-refractivity contribution is 6.17. The Morgan fingerprint density at radius 2 is 1.86 bits per heavy atom. The van der Waals surface area contributed by atoms with E-state index in [4.69, 9.17) is 16.6 Å². The monoisotopic (exact) mass is 298 g/mol. The van der Waals surface area contributed by atoms with E-state index in [0.717, 1.165) is 35.4 Å². The van der Waals surface area contributed by atoms with E-state index in [1.54, 1.807) is 0 Å². The lowest BCUT2D eigenvalue weighted by Gasteiger charge is -2.09. The van der Waals surface area contributed by atoms with Gasteiger partial charge >= 0.3 is 0 Å². The SMILES string of the molecule is CCc1ccc(-n2c(CCCl)nc3ccc(C)cc32)cc1. The molecule has 1 heterocycles. The summed E-state index contributed by atoms with van der Waals surface area (Å²) in [6.07, 6.45) is 1.82. The van der Waals surface area contributed by atoms with Crippen LogP contribution in [0.2, 0.25) is 0 Å². The van der Waals surface area contributed by atoms with Crippen molar-refractivity contribution in [1.29, 1.82) is 0 Å². The van der Waals surface area contributed by atoms with Gasteiger partial charge < -0.3 is 0 Å². The summed E-state index contributed by atoms with van der Waals surface area (Å²) >= 11 is 5.95. The van der Waals surface area contributed by atoms with Gasteiger partial charge in [-0.1, -0.05) is 25.1 Å². The number of benzene rings is 2. The molecule has 1 aromatic heterocycles. The van der Waals surface area contributed by atoms with Gasteiger partial charge in [-0.15, -0.1) is 11.6 Å². The van der Waals surface area contributed by atoms with Gasteiger partial charge in [0.05, 0.1) is 11.0 Å². The lowest BCUT2D eigenvalue weighted by Crippen LogP contribution is -2.02. The van der Waals surface area contributed by atoms with E-state index >= 15 is 0 Å². The van der Waals surface area contributed by atoms with Crippen molar-refractivity contribution in [2.24, 2.45) is 0 Å². The van der Waals surface area contributed by atoms with E-state index < -0.39 is 0 Å². The maximum absolute atomic E-state index is 5.95. The van der Waals surface area contributed by atoms with E-state index in [1.165, 1.54) is 11.1 Å². The first-order valence-corrected chi connectivity index (χ1v) is 7.89. The van der Waals surface area contributed by atoms with Gasteiger partial charge in [0.1, 0.15) is 5.82 Å². The summed E-state index contributed by atoms with van der Waals surface area (Å²) in [6, 6.07) is 15.1. The lowest BCUT2D eigenvalue weighted by molar-refractivity contribution is 0.911. The molecule has 0 aliphatic rings. The number of halogens is 1. The number of hydrogen-bond donors (Lipinski definition) is 0. The molecule has 0 saturated carbocycles. The molecule has 3 rings (SSSR count). The molecule has 2 nitrogen and oxygen atoms in total. The minimum Gasteiger partial charge on any atom is -0.296 e. The van der Waals surface area contributed by atoms with Crippen LogP contribution in [0.15, 0.2) is 42.5 Å². The van der Waals surface area contributed by atoms with Crippen molar-refractivity contribution in [3.05, 3.63) is 59.4 Å². The zero-order chi connectivity index (χ0) is 14.8. The van der Waals surface area contributed by atoms with Gasteiger partial charge in [0.15, 0.2) is 0 Å². The fraction of sp³-hybridized carbons (Fsp3) is 0.278. The third-order valence-corrected chi connectivity index (χ3v) is 3.99. The summed E-state index contributed by atoms with van der Waals surface area (Å²) in [6.45, 7) is 4.28. The van der Waals surface area contributed by atoms with Crippen LogP contribution in [0.1, 0.15) is 23.9 Å². The molecular formula is C18H19ClN2. The summed E-state index contributed by atoms with van der Waals surface area (Å²) in [5, 5.41) is 0. The highest BCUT2D eigenvalue weighted by atomic mass is 35.5. The summed E-state index contributed by atoms with van der Waals surface area (Å²) < 4.78 is 2.23. The van der Waals surface area contributed by atoms with Crippen molar-refractivity contribution in [1.82, 2.24) is 9.55 Å². The average molecular weight is 299 g/mol. The van der Waals surface area contributed by atoms with Crippen molar-refractivity contribution in [2.45, 2.75) is 26.7 Å². The molecule has 0 N–H and O–H groups in total. The predicted octanol–water partition coefficient (Wildman–Crippen LogP) is 4.68.